The molecule has 0 spiro atoms. The Balaban J connectivity index is 1.75. The van der Waals surface area contributed by atoms with Crippen LogP contribution in [0.2, 0.25) is 30.7 Å². The Morgan fingerprint density at radius 3 is 2.70 bits per heavy atom. The van der Waals surface area contributed by atoms with Crippen LogP contribution in [-0.4, -0.2) is 56.5 Å². The van der Waals surface area contributed by atoms with Gasteiger partial charge < -0.3 is 20.4 Å². The van der Waals surface area contributed by atoms with Gasteiger partial charge in [0.1, 0.15) is 23.6 Å². The molecule has 0 aliphatic rings. The van der Waals surface area contributed by atoms with Crippen molar-refractivity contribution in [2.24, 2.45) is 12.8 Å². The van der Waals surface area contributed by atoms with E-state index in [1.807, 2.05) is 50.6 Å². The molecule has 37 heavy (non-hydrogen) atoms. The maximum absolute atomic E-state index is 13.4. The number of fused-ring (bicyclic) bond motifs is 2. The van der Waals surface area contributed by atoms with Crippen LogP contribution in [0.15, 0.2) is 30.6 Å². The molecule has 3 N–H and O–H groups in total. The number of hydrogen-bond donors (Lipinski definition) is 2. The molecule has 9 nitrogen and oxygen atoms in total. The van der Waals surface area contributed by atoms with Gasteiger partial charge in [0, 0.05) is 49.9 Å². The van der Waals surface area contributed by atoms with Gasteiger partial charge in [0.05, 0.1) is 17.3 Å². The second kappa shape index (κ2) is 10.2. The minimum absolute atomic E-state index is 0.257. The van der Waals surface area contributed by atoms with E-state index in [9.17, 15) is 4.79 Å². The Morgan fingerprint density at radius 2 is 2.03 bits per heavy atom. The zero-order valence-corrected chi connectivity index (χ0v) is 24.3. The average Bonchev–Trinajstić information content (AvgIpc) is 3.32. The summed E-state index contributed by atoms with van der Waals surface area (Å²) < 4.78 is 9.56. The Morgan fingerprint density at radius 1 is 1.30 bits per heavy atom. The molecule has 4 aromatic rings. The van der Waals surface area contributed by atoms with Gasteiger partial charge in [0.15, 0.2) is 5.65 Å². The summed E-state index contributed by atoms with van der Waals surface area (Å²) in [5, 5.41) is 9.21. The number of aryl methyl sites for hydroxylation is 1. The first-order valence-electron chi connectivity index (χ1n) is 12.4. The zero-order chi connectivity index (χ0) is 27.1. The van der Waals surface area contributed by atoms with Crippen molar-refractivity contribution in [2.75, 3.05) is 6.61 Å². The van der Waals surface area contributed by atoms with Gasteiger partial charge in [-0.1, -0.05) is 31.2 Å². The SMILES string of the molecule is C[C@H](NC(=O)c1cn(COCC[Si](C)(C)C)c2ncc(-c3nn(C)c4cc(Cl)ccc34)nc12)C(C)(C)N. The standard InChI is InChI=1S/C26H36ClN7O2Si/c1-16(26(2,3)28)30-25(35)19-14-34(15-36-10-11-37(5,6)7)24-23(19)31-20(13-29-24)22-18-9-8-17(27)12-21(18)33(4)32-22/h8-9,12-14,16H,10-11,15,28H2,1-7H3,(H,30,35)/t16-/m0/s1. The molecular weight excluding hydrogens is 506 g/mol. The molecule has 0 radical (unpaired) electrons. The highest BCUT2D eigenvalue weighted by Crippen LogP contribution is 2.30. The first-order valence-corrected chi connectivity index (χ1v) is 16.5. The van der Waals surface area contributed by atoms with E-state index in [0.29, 0.717) is 39.7 Å². The van der Waals surface area contributed by atoms with Gasteiger partial charge in [0.2, 0.25) is 0 Å². The highest BCUT2D eigenvalue weighted by molar-refractivity contribution is 6.76. The summed E-state index contributed by atoms with van der Waals surface area (Å²) in [6.07, 6.45) is 3.44. The van der Waals surface area contributed by atoms with Crippen molar-refractivity contribution in [1.29, 1.82) is 0 Å². The smallest absolute Gasteiger partial charge is 0.255 e. The summed E-state index contributed by atoms with van der Waals surface area (Å²) in [6.45, 7) is 13.5. The number of nitrogens with two attached hydrogens (primary N) is 1. The monoisotopic (exact) mass is 541 g/mol. The molecule has 11 heteroatoms. The molecule has 0 aliphatic heterocycles. The third-order valence-electron chi connectivity index (χ3n) is 6.56. The number of hydrogen-bond acceptors (Lipinski definition) is 6. The van der Waals surface area contributed by atoms with Crippen molar-refractivity contribution in [3.63, 3.8) is 0 Å². The van der Waals surface area contributed by atoms with Crippen LogP contribution in [0.1, 0.15) is 31.1 Å². The number of benzene rings is 1. The van der Waals surface area contributed by atoms with Gasteiger partial charge in [-0.25, -0.2) is 9.97 Å². The van der Waals surface area contributed by atoms with Gasteiger partial charge >= 0.3 is 0 Å². The molecule has 3 heterocycles. The molecule has 0 saturated carbocycles. The van der Waals surface area contributed by atoms with Gasteiger partial charge in [-0.05, 0) is 45.0 Å². The lowest BCUT2D eigenvalue weighted by molar-refractivity contribution is 0.0887. The topological polar surface area (TPSA) is 113 Å². The van der Waals surface area contributed by atoms with Crippen molar-refractivity contribution in [3.05, 3.63) is 41.2 Å². The van der Waals surface area contributed by atoms with Gasteiger partial charge in [0.25, 0.3) is 5.91 Å². The molecule has 3 aromatic heterocycles. The first kappa shape index (κ1) is 27.2. The highest BCUT2D eigenvalue weighted by Gasteiger charge is 2.26. The number of carbonyl (C=O) groups is 1. The summed E-state index contributed by atoms with van der Waals surface area (Å²) in [7, 11) is 0.636. The number of aromatic nitrogens is 5. The minimum Gasteiger partial charge on any atom is -0.361 e. The maximum atomic E-state index is 13.4. The lowest BCUT2D eigenvalue weighted by Crippen LogP contribution is -2.52. The summed E-state index contributed by atoms with van der Waals surface area (Å²) in [6, 6.07) is 6.40. The number of ether oxygens (including phenoxy) is 1. The summed E-state index contributed by atoms with van der Waals surface area (Å²) in [5.74, 6) is -0.263. The van der Waals surface area contributed by atoms with Crippen LogP contribution in [0.4, 0.5) is 0 Å². The van der Waals surface area contributed by atoms with E-state index in [1.54, 1.807) is 17.1 Å². The van der Waals surface area contributed by atoms with Crippen molar-refractivity contribution < 1.29 is 9.53 Å². The normalized spacial score (nSPS) is 13.4. The third kappa shape index (κ3) is 6.03. The largest absolute Gasteiger partial charge is 0.361 e. The first-order chi connectivity index (χ1) is 17.2. The fourth-order valence-corrected chi connectivity index (χ4v) is 4.77. The van der Waals surface area contributed by atoms with E-state index in [1.165, 1.54) is 0 Å². The molecule has 0 bridgehead atoms. The molecule has 0 unspecified atom stereocenters. The minimum atomic E-state index is -1.22. The number of rotatable bonds is 9. The van der Waals surface area contributed by atoms with Crippen LogP contribution >= 0.6 is 11.6 Å². The van der Waals surface area contributed by atoms with Crippen LogP contribution in [0.3, 0.4) is 0 Å². The lowest BCUT2D eigenvalue weighted by atomic mass is 9.97. The molecule has 1 aromatic carbocycles. The van der Waals surface area contributed by atoms with Crippen LogP contribution < -0.4 is 11.1 Å². The second-order valence-electron chi connectivity index (χ2n) is 11.4. The number of halogens is 1. The third-order valence-corrected chi connectivity index (χ3v) is 8.50. The number of carbonyl (C=O) groups excluding carboxylic acids is 1. The van der Waals surface area contributed by atoms with Gasteiger partial charge in [-0.3, -0.25) is 9.48 Å². The summed E-state index contributed by atoms with van der Waals surface area (Å²) in [4.78, 5) is 23.0. The molecule has 0 aliphatic carbocycles. The van der Waals surface area contributed by atoms with Crippen LogP contribution in [0, 0.1) is 0 Å². The molecule has 0 saturated heterocycles. The van der Waals surface area contributed by atoms with Crippen LogP contribution in [-0.2, 0) is 18.5 Å². The van der Waals surface area contributed by atoms with Crippen molar-refractivity contribution in [3.8, 4) is 11.4 Å². The van der Waals surface area contributed by atoms with Crippen molar-refractivity contribution in [2.45, 2.75) is 64.8 Å². The molecule has 4 rings (SSSR count). The van der Waals surface area contributed by atoms with Crippen molar-refractivity contribution >= 4 is 47.6 Å². The average molecular weight is 542 g/mol. The zero-order valence-electron chi connectivity index (χ0n) is 22.6. The van der Waals surface area contributed by atoms with E-state index in [-0.39, 0.29) is 18.7 Å². The Bertz CT molecular complexity index is 1450. The van der Waals surface area contributed by atoms with Crippen LogP contribution in [0.25, 0.3) is 33.5 Å². The van der Waals surface area contributed by atoms with E-state index < -0.39 is 13.6 Å². The van der Waals surface area contributed by atoms with E-state index in [2.05, 4.69) is 30.1 Å². The lowest BCUT2D eigenvalue weighted by Gasteiger charge is -2.27. The summed E-state index contributed by atoms with van der Waals surface area (Å²) in [5.41, 5.74) is 9.23. The van der Waals surface area contributed by atoms with E-state index >= 15 is 0 Å². The molecule has 198 valence electrons. The van der Waals surface area contributed by atoms with Gasteiger partial charge in [-0.2, -0.15) is 5.10 Å². The Labute approximate surface area is 223 Å². The van der Waals surface area contributed by atoms with Crippen LogP contribution in [0.5, 0.6) is 0 Å². The number of nitrogens with zero attached hydrogens (tertiary/aromatic N) is 5. The van der Waals surface area contributed by atoms with Crippen molar-refractivity contribution in [1.82, 2.24) is 29.6 Å². The predicted octanol–water partition coefficient (Wildman–Crippen LogP) is 4.81. The van der Waals surface area contributed by atoms with E-state index in [0.717, 1.165) is 16.9 Å². The fraction of sp³-hybridized carbons (Fsp3) is 0.462. The second-order valence-corrected chi connectivity index (χ2v) is 17.5. The maximum Gasteiger partial charge on any atom is 0.255 e. The summed E-state index contributed by atoms with van der Waals surface area (Å²) >= 11 is 6.20. The highest BCUT2D eigenvalue weighted by atomic mass is 35.5. The molecular formula is C26H36ClN7O2Si. The molecule has 0 fully saturated rings. The Hall–Kier alpha value is -2.79. The Kier molecular flexibility index (Phi) is 7.49. The number of nitrogens with one attached hydrogen (secondary N) is 1. The quantitative estimate of drug-likeness (QED) is 0.232. The van der Waals surface area contributed by atoms with Gasteiger partial charge in [-0.15, -0.1) is 0 Å². The predicted molar refractivity (Wildman–Crippen MR) is 152 cm³/mol. The van der Waals surface area contributed by atoms with E-state index in [4.69, 9.17) is 32.0 Å². The fourth-order valence-electron chi connectivity index (χ4n) is 3.85. The molecule has 1 amide bonds. The molecule has 1 atom stereocenters. The number of amides is 1.